The highest BCUT2D eigenvalue weighted by Gasteiger charge is 2.23. The minimum absolute atomic E-state index is 0.106. The zero-order valence-electron chi connectivity index (χ0n) is 9.54. The maximum absolute atomic E-state index is 5.96. The third kappa shape index (κ3) is 2.48. The fraction of sp³-hybridized carbons (Fsp3) is 0.500. The number of hydrogen-bond acceptors (Lipinski definition) is 2. The SMILES string of the molecule is CN(C)CC(C)(C)c1ccccc1N. The average Bonchev–Trinajstić information content (AvgIpc) is 2.02. The molecule has 0 radical (unpaired) electrons. The first-order valence-corrected chi connectivity index (χ1v) is 4.93. The smallest absolute Gasteiger partial charge is 0.0352 e. The van der Waals surface area contributed by atoms with Gasteiger partial charge in [0.05, 0.1) is 0 Å². The van der Waals surface area contributed by atoms with Crippen molar-refractivity contribution < 1.29 is 0 Å². The Hall–Kier alpha value is -1.02. The number of likely N-dealkylation sites (N-methyl/N-ethyl adjacent to an activating group) is 1. The van der Waals surface area contributed by atoms with Crippen molar-refractivity contribution in [1.82, 2.24) is 4.90 Å². The maximum atomic E-state index is 5.96. The molecule has 0 fully saturated rings. The van der Waals surface area contributed by atoms with Gasteiger partial charge < -0.3 is 10.6 Å². The zero-order valence-corrected chi connectivity index (χ0v) is 9.54. The minimum Gasteiger partial charge on any atom is -0.398 e. The van der Waals surface area contributed by atoms with E-state index in [1.54, 1.807) is 0 Å². The highest BCUT2D eigenvalue weighted by atomic mass is 15.1. The lowest BCUT2D eigenvalue weighted by Crippen LogP contribution is -2.32. The van der Waals surface area contributed by atoms with E-state index >= 15 is 0 Å². The largest absolute Gasteiger partial charge is 0.398 e. The van der Waals surface area contributed by atoms with Gasteiger partial charge in [0.2, 0.25) is 0 Å². The molecule has 14 heavy (non-hydrogen) atoms. The van der Waals surface area contributed by atoms with Crippen LogP contribution in [-0.4, -0.2) is 25.5 Å². The molecule has 0 heterocycles. The summed E-state index contributed by atoms with van der Waals surface area (Å²) < 4.78 is 0. The molecule has 0 spiro atoms. The Labute approximate surface area is 86.7 Å². The standard InChI is InChI=1S/C12H20N2/c1-12(2,9-14(3)4)10-7-5-6-8-11(10)13/h5-8H,9,13H2,1-4H3. The molecular weight excluding hydrogens is 172 g/mol. The Bertz CT molecular complexity index is 303. The number of anilines is 1. The van der Waals surface area contributed by atoms with Gasteiger partial charge in [0.15, 0.2) is 0 Å². The number of hydrogen-bond donors (Lipinski definition) is 1. The van der Waals surface area contributed by atoms with E-state index in [1.165, 1.54) is 5.56 Å². The summed E-state index contributed by atoms with van der Waals surface area (Å²) >= 11 is 0. The Balaban J connectivity index is 2.97. The molecule has 0 saturated heterocycles. The summed E-state index contributed by atoms with van der Waals surface area (Å²) in [5.41, 5.74) is 8.19. The summed E-state index contributed by atoms with van der Waals surface area (Å²) in [7, 11) is 4.17. The topological polar surface area (TPSA) is 29.3 Å². The number of nitrogens with two attached hydrogens (primary N) is 1. The highest BCUT2D eigenvalue weighted by molar-refractivity contribution is 5.50. The van der Waals surface area contributed by atoms with Crippen LogP contribution >= 0.6 is 0 Å². The summed E-state index contributed by atoms with van der Waals surface area (Å²) in [6.07, 6.45) is 0. The molecule has 0 saturated carbocycles. The molecule has 0 aliphatic carbocycles. The number of nitrogen functional groups attached to an aromatic ring is 1. The van der Waals surface area contributed by atoms with Gasteiger partial charge in [-0.05, 0) is 25.7 Å². The van der Waals surface area contributed by atoms with Crippen molar-refractivity contribution in [3.63, 3.8) is 0 Å². The molecule has 1 aromatic rings. The number of nitrogens with zero attached hydrogens (tertiary/aromatic N) is 1. The molecule has 0 bridgehead atoms. The van der Waals surface area contributed by atoms with Gasteiger partial charge in [0, 0.05) is 17.6 Å². The lowest BCUT2D eigenvalue weighted by molar-refractivity contribution is 0.316. The van der Waals surface area contributed by atoms with Gasteiger partial charge in [0.25, 0.3) is 0 Å². The minimum atomic E-state index is 0.106. The fourth-order valence-corrected chi connectivity index (χ4v) is 1.99. The summed E-state index contributed by atoms with van der Waals surface area (Å²) in [6.45, 7) is 5.44. The lowest BCUT2D eigenvalue weighted by Gasteiger charge is -2.29. The van der Waals surface area contributed by atoms with Gasteiger partial charge in [-0.15, -0.1) is 0 Å². The van der Waals surface area contributed by atoms with E-state index in [1.807, 2.05) is 18.2 Å². The van der Waals surface area contributed by atoms with Gasteiger partial charge in [0.1, 0.15) is 0 Å². The quantitative estimate of drug-likeness (QED) is 0.743. The van der Waals surface area contributed by atoms with E-state index in [9.17, 15) is 0 Å². The summed E-state index contributed by atoms with van der Waals surface area (Å²) in [4.78, 5) is 2.19. The summed E-state index contributed by atoms with van der Waals surface area (Å²) in [5.74, 6) is 0. The Kier molecular flexibility index (Phi) is 3.17. The van der Waals surface area contributed by atoms with Crippen LogP contribution in [0.25, 0.3) is 0 Å². The molecule has 0 unspecified atom stereocenters. The predicted molar refractivity (Wildman–Crippen MR) is 62.4 cm³/mol. The normalized spacial score (nSPS) is 12.1. The van der Waals surface area contributed by atoms with Crippen LogP contribution in [0.5, 0.6) is 0 Å². The molecule has 2 heteroatoms. The van der Waals surface area contributed by atoms with Crippen molar-refractivity contribution in [1.29, 1.82) is 0 Å². The zero-order chi connectivity index (χ0) is 10.8. The van der Waals surface area contributed by atoms with Gasteiger partial charge in [-0.25, -0.2) is 0 Å². The molecule has 1 aromatic carbocycles. The first-order chi connectivity index (χ1) is 6.43. The average molecular weight is 192 g/mol. The van der Waals surface area contributed by atoms with Crippen LogP contribution in [0, 0.1) is 0 Å². The highest BCUT2D eigenvalue weighted by Crippen LogP contribution is 2.28. The van der Waals surface area contributed by atoms with Gasteiger partial charge in [-0.1, -0.05) is 32.0 Å². The third-order valence-electron chi connectivity index (χ3n) is 2.40. The van der Waals surface area contributed by atoms with E-state index < -0.39 is 0 Å². The second kappa shape index (κ2) is 4.01. The fourth-order valence-electron chi connectivity index (χ4n) is 1.99. The van der Waals surface area contributed by atoms with Gasteiger partial charge in [-0.2, -0.15) is 0 Å². The Morgan fingerprint density at radius 1 is 1.21 bits per heavy atom. The van der Waals surface area contributed by atoms with E-state index in [0.717, 1.165) is 12.2 Å². The van der Waals surface area contributed by atoms with Gasteiger partial charge in [-0.3, -0.25) is 0 Å². The molecule has 2 N–H and O–H groups in total. The number of rotatable bonds is 3. The van der Waals surface area contributed by atoms with Crippen LogP contribution in [0.1, 0.15) is 19.4 Å². The van der Waals surface area contributed by atoms with E-state index in [0.29, 0.717) is 0 Å². The van der Waals surface area contributed by atoms with Gasteiger partial charge >= 0.3 is 0 Å². The number of para-hydroxylation sites is 1. The van der Waals surface area contributed by atoms with Crippen LogP contribution in [0.2, 0.25) is 0 Å². The van der Waals surface area contributed by atoms with Crippen molar-refractivity contribution in [3.8, 4) is 0 Å². The van der Waals surface area contributed by atoms with Crippen molar-refractivity contribution in [3.05, 3.63) is 29.8 Å². The van der Waals surface area contributed by atoms with E-state index in [-0.39, 0.29) is 5.41 Å². The van der Waals surface area contributed by atoms with Crippen molar-refractivity contribution >= 4 is 5.69 Å². The molecule has 0 atom stereocenters. The lowest BCUT2D eigenvalue weighted by atomic mass is 9.83. The van der Waals surface area contributed by atoms with E-state index in [2.05, 4.69) is 38.9 Å². The van der Waals surface area contributed by atoms with Crippen LogP contribution < -0.4 is 5.73 Å². The second-order valence-corrected chi connectivity index (χ2v) is 4.71. The molecule has 0 aromatic heterocycles. The third-order valence-corrected chi connectivity index (χ3v) is 2.40. The summed E-state index contributed by atoms with van der Waals surface area (Å²) in [5, 5.41) is 0. The maximum Gasteiger partial charge on any atom is 0.0352 e. The van der Waals surface area contributed by atoms with Crippen molar-refractivity contribution in [2.75, 3.05) is 26.4 Å². The Morgan fingerprint density at radius 2 is 1.79 bits per heavy atom. The molecule has 0 amide bonds. The van der Waals surface area contributed by atoms with Crippen LogP contribution in [0.4, 0.5) is 5.69 Å². The molecule has 1 rings (SSSR count). The second-order valence-electron chi connectivity index (χ2n) is 4.71. The molecule has 0 aliphatic rings. The summed E-state index contributed by atoms with van der Waals surface area (Å²) in [6, 6.07) is 8.10. The first-order valence-electron chi connectivity index (χ1n) is 4.93. The first kappa shape index (κ1) is 11.1. The van der Waals surface area contributed by atoms with Crippen molar-refractivity contribution in [2.24, 2.45) is 0 Å². The van der Waals surface area contributed by atoms with Crippen LogP contribution in [-0.2, 0) is 5.41 Å². The molecule has 0 aliphatic heterocycles. The molecule has 78 valence electrons. The molecular formula is C12H20N2. The number of benzene rings is 1. The molecule has 2 nitrogen and oxygen atoms in total. The Morgan fingerprint density at radius 3 is 2.29 bits per heavy atom. The van der Waals surface area contributed by atoms with E-state index in [4.69, 9.17) is 5.73 Å². The van der Waals surface area contributed by atoms with Crippen LogP contribution in [0.15, 0.2) is 24.3 Å². The van der Waals surface area contributed by atoms with Crippen molar-refractivity contribution in [2.45, 2.75) is 19.3 Å². The monoisotopic (exact) mass is 192 g/mol. The predicted octanol–water partition coefficient (Wildman–Crippen LogP) is 2.11. The van der Waals surface area contributed by atoms with Crippen LogP contribution in [0.3, 0.4) is 0 Å².